The Morgan fingerprint density at radius 1 is 1.47 bits per heavy atom. The van der Waals surface area contributed by atoms with Crippen LogP contribution in [0.5, 0.6) is 5.75 Å². The Kier molecular flexibility index (Phi) is 4.31. The Balaban J connectivity index is 2.09. The van der Waals surface area contributed by atoms with Crippen molar-refractivity contribution in [2.45, 2.75) is 31.3 Å². The molecule has 5 nitrogen and oxygen atoms in total. The van der Waals surface area contributed by atoms with Gasteiger partial charge in [-0.1, -0.05) is 19.0 Å². The maximum atomic E-state index is 9.56. The first kappa shape index (κ1) is 13.7. The zero-order chi connectivity index (χ0) is 13.8. The molecule has 0 saturated carbocycles. The average Bonchev–Trinajstić information content (AvgIpc) is 2.88. The van der Waals surface area contributed by atoms with Gasteiger partial charge in [0.2, 0.25) is 0 Å². The third kappa shape index (κ3) is 3.41. The number of nitrogens with two attached hydrogens (primary N) is 1. The van der Waals surface area contributed by atoms with E-state index in [2.05, 4.69) is 24.0 Å². The van der Waals surface area contributed by atoms with Crippen LogP contribution < -0.4 is 5.73 Å². The van der Waals surface area contributed by atoms with Gasteiger partial charge in [0.1, 0.15) is 5.75 Å². The van der Waals surface area contributed by atoms with Gasteiger partial charge in [-0.25, -0.2) is 0 Å². The first-order chi connectivity index (χ1) is 9.10. The highest BCUT2D eigenvalue weighted by Crippen LogP contribution is 2.27. The Labute approximate surface area is 116 Å². The third-order valence-electron chi connectivity index (χ3n) is 2.82. The number of benzene rings is 1. The van der Waals surface area contributed by atoms with Crippen LogP contribution in [0.4, 0.5) is 5.69 Å². The highest BCUT2D eigenvalue weighted by Gasteiger charge is 2.11. The molecule has 0 saturated heterocycles. The number of phenolic OH excluding ortho intramolecular Hbond substituents is 1. The van der Waals surface area contributed by atoms with Crippen molar-refractivity contribution in [3.8, 4) is 17.2 Å². The van der Waals surface area contributed by atoms with Gasteiger partial charge in [-0.3, -0.25) is 0 Å². The lowest BCUT2D eigenvalue weighted by atomic mass is 10.2. The molecule has 1 aromatic heterocycles. The number of nitrogens with zero attached hydrogens (tertiary/aromatic N) is 2. The molecule has 1 unspecified atom stereocenters. The Bertz CT molecular complexity index is 557. The molecule has 2 rings (SSSR count). The number of rotatable bonds is 5. The number of anilines is 1. The molecule has 1 atom stereocenters. The highest BCUT2D eigenvalue weighted by atomic mass is 32.2. The van der Waals surface area contributed by atoms with E-state index in [0.29, 0.717) is 28.2 Å². The maximum absolute atomic E-state index is 9.56. The lowest BCUT2D eigenvalue weighted by Crippen LogP contribution is -1.94. The van der Waals surface area contributed by atoms with Gasteiger partial charge in [0.25, 0.3) is 5.89 Å². The Morgan fingerprint density at radius 2 is 2.26 bits per heavy atom. The van der Waals surface area contributed by atoms with Gasteiger partial charge < -0.3 is 15.4 Å². The van der Waals surface area contributed by atoms with Crippen molar-refractivity contribution >= 4 is 17.4 Å². The van der Waals surface area contributed by atoms with E-state index in [4.69, 9.17) is 10.3 Å². The first-order valence-corrected chi connectivity index (χ1v) is 7.18. The number of hydrogen-bond acceptors (Lipinski definition) is 6. The molecule has 0 fully saturated rings. The van der Waals surface area contributed by atoms with E-state index < -0.39 is 0 Å². The molecule has 0 bridgehead atoms. The molecule has 2 aromatic rings. The summed E-state index contributed by atoms with van der Waals surface area (Å²) in [6, 6.07) is 4.88. The quantitative estimate of drug-likeness (QED) is 0.646. The minimum atomic E-state index is 0.0197. The van der Waals surface area contributed by atoms with Crippen molar-refractivity contribution in [2.24, 2.45) is 0 Å². The lowest BCUT2D eigenvalue weighted by Gasteiger charge is -2.04. The fourth-order valence-corrected chi connectivity index (χ4v) is 2.23. The van der Waals surface area contributed by atoms with Crippen molar-refractivity contribution in [1.29, 1.82) is 0 Å². The third-order valence-corrected chi connectivity index (χ3v) is 4.14. The van der Waals surface area contributed by atoms with Gasteiger partial charge >= 0.3 is 0 Å². The summed E-state index contributed by atoms with van der Waals surface area (Å²) in [5.41, 5.74) is 6.54. The van der Waals surface area contributed by atoms with Gasteiger partial charge in [-0.2, -0.15) is 16.7 Å². The number of thioether (sulfide) groups is 1. The molecular formula is C13H17N3O2S. The molecule has 1 heterocycles. The molecule has 102 valence electrons. The van der Waals surface area contributed by atoms with Crippen molar-refractivity contribution in [3.63, 3.8) is 0 Å². The van der Waals surface area contributed by atoms with Crippen molar-refractivity contribution in [1.82, 2.24) is 10.1 Å². The largest absolute Gasteiger partial charge is 0.506 e. The standard InChI is InChI=1S/C13H17N3O2S/c1-3-8(2)19-7-12-15-13(18-16-12)9-4-5-10(14)11(17)6-9/h4-6,8,17H,3,7,14H2,1-2H3. The number of aromatic hydroxyl groups is 1. The van der Waals surface area contributed by atoms with Crippen molar-refractivity contribution in [3.05, 3.63) is 24.0 Å². The Hall–Kier alpha value is -1.69. The van der Waals surface area contributed by atoms with Crippen molar-refractivity contribution < 1.29 is 9.63 Å². The van der Waals surface area contributed by atoms with Crippen LogP contribution in [0.25, 0.3) is 11.5 Å². The predicted molar refractivity (Wildman–Crippen MR) is 76.9 cm³/mol. The van der Waals surface area contributed by atoms with Crippen LogP contribution in [0.2, 0.25) is 0 Å². The summed E-state index contributed by atoms with van der Waals surface area (Å²) in [6.07, 6.45) is 1.11. The van der Waals surface area contributed by atoms with Gasteiger partial charge in [0.15, 0.2) is 5.82 Å². The van der Waals surface area contributed by atoms with Crippen LogP contribution in [0.1, 0.15) is 26.1 Å². The summed E-state index contributed by atoms with van der Waals surface area (Å²) in [4.78, 5) is 4.31. The van der Waals surface area contributed by atoms with Gasteiger partial charge in [0.05, 0.1) is 11.4 Å². The van der Waals surface area contributed by atoms with E-state index in [1.54, 1.807) is 23.9 Å². The van der Waals surface area contributed by atoms with Gasteiger partial charge in [-0.15, -0.1) is 0 Å². The summed E-state index contributed by atoms with van der Waals surface area (Å²) >= 11 is 1.79. The molecule has 0 aliphatic heterocycles. The SMILES string of the molecule is CCC(C)SCc1noc(-c2ccc(N)c(O)c2)n1. The second kappa shape index (κ2) is 5.97. The minimum Gasteiger partial charge on any atom is -0.506 e. The smallest absolute Gasteiger partial charge is 0.258 e. The first-order valence-electron chi connectivity index (χ1n) is 6.13. The summed E-state index contributed by atoms with van der Waals surface area (Å²) in [7, 11) is 0. The van der Waals surface area contributed by atoms with Gasteiger partial charge in [-0.05, 0) is 24.6 Å². The molecular weight excluding hydrogens is 262 g/mol. The van der Waals surface area contributed by atoms with Crippen LogP contribution >= 0.6 is 11.8 Å². The molecule has 19 heavy (non-hydrogen) atoms. The molecule has 0 amide bonds. The zero-order valence-corrected chi connectivity index (χ0v) is 11.8. The monoisotopic (exact) mass is 279 g/mol. The molecule has 3 N–H and O–H groups in total. The van der Waals surface area contributed by atoms with Crippen molar-refractivity contribution in [2.75, 3.05) is 5.73 Å². The van der Waals surface area contributed by atoms with Crippen LogP contribution in [-0.4, -0.2) is 20.5 Å². The van der Waals surface area contributed by atoms with E-state index in [-0.39, 0.29) is 5.75 Å². The number of phenols is 1. The van der Waals surface area contributed by atoms with Crippen LogP contribution in [0, 0.1) is 0 Å². The molecule has 0 aliphatic carbocycles. The molecule has 0 aliphatic rings. The highest BCUT2D eigenvalue weighted by molar-refractivity contribution is 7.99. The topological polar surface area (TPSA) is 85.2 Å². The summed E-state index contributed by atoms with van der Waals surface area (Å²) in [5.74, 6) is 1.80. The molecule has 6 heteroatoms. The van der Waals surface area contributed by atoms with E-state index in [0.717, 1.165) is 12.2 Å². The van der Waals surface area contributed by atoms with Crippen LogP contribution in [0.15, 0.2) is 22.7 Å². The van der Waals surface area contributed by atoms with Crippen LogP contribution in [-0.2, 0) is 5.75 Å². The maximum Gasteiger partial charge on any atom is 0.258 e. The molecule has 0 radical (unpaired) electrons. The molecule has 1 aromatic carbocycles. The number of hydrogen-bond donors (Lipinski definition) is 2. The normalized spacial score (nSPS) is 12.5. The van der Waals surface area contributed by atoms with Crippen LogP contribution in [0.3, 0.4) is 0 Å². The fraction of sp³-hybridized carbons (Fsp3) is 0.385. The minimum absolute atomic E-state index is 0.0197. The van der Waals surface area contributed by atoms with E-state index in [1.165, 1.54) is 6.07 Å². The van der Waals surface area contributed by atoms with E-state index in [1.807, 2.05) is 0 Å². The fourth-order valence-electron chi connectivity index (χ4n) is 1.44. The second-order valence-electron chi connectivity index (χ2n) is 4.32. The van der Waals surface area contributed by atoms with E-state index in [9.17, 15) is 5.11 Å². The summed E-state index contributed by atoms with van der Waals surface area (Å²) in [6.45, 7) is 4.32. The summed E-state index contributed by atoms with van der Waals surface area (Å²) in [5, 5.41) is 14.1. The number of aromatic nitrogens is 2. The second-order valence-corrected chi connectivity index (χ2v) is 5.75. The van der Waals surface area contributed by atoms with E-state index >= 15 is 0 Å². The Morgan fingerprint density at radius 3 is 2.95 bits per heavy atom. The lowest BCUT2D eigenvalue weighted by molar-refractivity contribution is 0.424. The predicted octanol–water partition coefficient (Wildman–Crippen LogP) is 3.06. The average molecular weight is 279 g/mol. The molecule has 0 spiro atoms. The summed E-state index contributed by atoms with van der Waals surface area (Å²) < 4.78 is 5.19. The van der Waals surface area contributed by atoms with Gasteiger partial charge in [0, 0.05) is 10.8 Å². The zero-order valence-electron chi connectivity index (χ0n) is 11.0. The number of nitrogen functional groups attached to an aromatic ring is 1.